The van der Waals surface area contributed by atoms with Crippen LogP contribution in [0.2, 0.25) is 0 Å². The van der Waals surface area contributed by atoms with Crippen LogP contribution in [0.3, 0.4) is 0 Å². The highest BCUT2D eigenvalue weighted by Crippen LogP contribution is 2.23. The summed E-state index contributed by atoms with van der Waals surface area (Å²) in [6, 6.07) is 5.83. The van der Waals surface area contributed by atoms with Crippen LogP contribution in [0, 0.1) is 0 Å². The van der Waals surface area contributed by atoms with E-state index in [0.29, 0.717) is 11.3 Å². The third-order valence-corrected chi connectivity index (χ3v) is 1.96. The lowest BCUT2D eigenvalue weighted by Crippen LogP contribution is -2.17. The van der Waals surface area contributed by atoms with Crippen LogP contribution in [0.4, 0.5) is 13.2 Å². The first kappa shape index (κ1) is 13.0. The minimum atomic E-state index is -4.65. The Labute approximate surface area is 97.3 Å². The third kappa shape index (κ3) is 5.11. The monoisotopic (exact) mass is 248 g/mol. The lowest BCUT2D eigenvalue weighted by molar-refractivity contribution is -0.274. The molecular formula is C11H11F3OS. The highest BCUT2D eigenvalue weighted by Gasteiger charge is 2.30. The van der Waals surface area contributed by atoms with E-state index in [9.17, 15) is 13.2 Å². The molecule has 0 radical (unpaired) electrons. The molecule has 5 heteroatoms. The van der Waals surface area contributed by atoms with Crippen molar-refractivity contribution in [2.45, 2.75) is 12.8 Å². The summed E-state index contributed by atoms with van der Waals surface area (Å²) >= 11 is 4.02. The maximum Gasteiger partial charge on any atom is 0.573 e. The molecular weight excluding hydrogens is 237 g/mol. The van der Waals surface area contributed by atoms with Crippen LogP contribution in [0.15, 0.2) is 30.3 Å². The van der Waals surface area contributed by atoms with Crippen molar-refractivity contribution in [3.8, 4) is 5.75 Å². The van der Waals surface area contributed by atoms with Crippen LogP contribution in [-0.2, 0) is 0 Å². The van der Waals surface area contributed by atoms with Gasteiger partial charge in [-0.3, -0.25) is 0 Å². The van der Waals surface area contributed by atoms with Crippen LogP contribution in [0.5, 0.6) is 5.75 Å². The number of thiol groups is 1. The average Bonchev–Trinajstić information content (AvgIpc) is 2.16. The molecule has 1 rings (SSSR count). The van der Waals surface area contributed by atoms with Crippen LogP contribution in [0.25, 0.3) is 6.08 Å². The lowest BCUT2D eigenvalue weighted by atomic mass is 10.2. The Bertz CT molecular complexity index is 360. The minimum absolute atomic E-state index is 0.208. The summed E-state index contributed by atoms with van der Waals surface area (Å²) in [5.74, 6) is 0.496. The summed E-state index contributed by atoms with van der Waals surface area (Å²) in [4.78, 5) is 0. The van der Waals surface area contributed by atoms with E-state index in [2.05, 4.69) is 17.4 Å². The predicted molar refractivity (Wildman–Crippen MR) is 60.6 cm³/mol. The number of hydrogen-bond donors (Lipinski definition) is 1. The van der Waals surface area contributed by atoms with E-state index < -0.39 is 6.36 Å². The van der Waals surface area contributed by atoms with E-state index in [-0.39, 0.29) is 5.75 Å². The van der Waals surface area contributed by atoms with Crippen molar-refractivity contribution in [2.75, 3.05) is 5.75 Å². The van der Waals surface area contributed by atoms with Gasteiger partial charge in [0, 0.05) is 0 Å². The quantitative estimate of drug-likeness (QED) is 0.794. The van der Waals surface area contributed by atoms with Gasteiger partial charge in [-0.25, -0.2) is 0 Å². The van der Waals surface area contributed by atoms with Crippen molar-refractivity contribution in [2.24, 2.45) is 0 Å². The summed E-state index contributed by atoms with van der Waals surface area (Å²) in [5.41, 5.74) is 0.670. The second-order valence-electron chi connectivity index (χ2n) is 3.03. The molecule has 0 heterocycles. The molecule has 0 aliphatic heterocycles. The van der Waals surface area contributed by atoms with Crippen LogP contribution < -0.4 is 4.74 Å². The SMILES string of the molecule is FC(F)(F)Oc1cccc(C=CCCS)c1. The van der Waals surface area contributed by atoms with E-state index in [1.54, 1.807) is 12.1 Å². The average molecular weight is 248 g/mol. The number of benzene rings is 1. The normalized spacial score (nSPS) is 12.0. The van der Waals surface area contributed by atoms with Crippen molar-refractivity contribution < 1.29 is 17.9 Å². The van der Waals surface area contributed by atoms with Gasteiger partial charge in [0.25, 0.3) is 0 Å². The molecule has 0 saturated heterocycles. The Morgan fingerprint density at radius 3 is 2.69 bits per heavy atom. The molecule has 0 aromatic heterocycles. The maximum atomic E-state index is 11.9. The largest absolute Gasteiger partial charge is 0.573 e. The maximum absolute atomic E-state index is 11.9. The van der Waals surface area contributed by atoms with Gasteiger partial charge in [-0.05, 0) is 29.9 Å². The molecule has 88 valence electrons. The van der Waals surface area contributed by atoms with Gasteiger partial charge < -0.3 is 4.74 Å². The number of ether oxygens (including phenoxy) is 1. The summed E-state index contributed by atoms with van der Waals surface area (Å²) in [7, 11) is 0. The zero-order valence-electron chi connectivity index (χ0n) is 8.37. The fraction of sp³-hybridized carbons (Fsp3) is 0.273. The molecule has 0 bridgehead atoms. The van der Waals surface area contributed by atoms with Crippen molar-refractivity contribution in [3.05, 3.63) is 35.9 Å². The van der Waals surface area contributed by atoms with Gasteiger partial charge in [0.05, 0.1) is 0 Å². The van der Waals surface area contributed by atoms with Gasteiger partial charge >= 0.3 is 6.36 Å². The molecule has 0 unspecified atom stereocenters. The van der Waals surface area contributed by atoms with Gasteiger partial charge in [0.15, 0.2) is 0 Å². The van der Waals surface area contributed by atoms with E-state index in [1.165, 1.54) is 18.2 Å². The molecule has 0 aliphatic rings. The first-order chi connectivity index (χ1) is 7.51. The molecule has 0 saturated carbocycles. The first-order valence-electron chi connectivity index (χ1n) is 4.64. The Kier molecular flexibility index (Phi) is 4.73. The molecule has 0 N–H and O–H groups in total. The molecule has 1 aromatic rings. The Morgan fingerprint density at radius 2 is 2.06 bits per heavy atom. The standard InChI is InChI=1S/C11H11F3OS/c12-11(13,14)15-10-6-3-5-9(8-10)4-1-2-7-16/h1,3-6,8,16H,2,7H2. The number of rotatable bonds is 4. The third-order valence-electron chi connectivity index (χ3n) is 1.70. The fourth-order valence-corrected chi connectivity index (χ4v) is 1.26. The summed E-state index contributed by atoms with van der Waals surface area (Å²) in [5, 5.41) is 0. The van der Waals surface area contributed by atoms with Crippen LogP contribution in [0.1, 0.15) is 12.0 Å². The van der Waals surface area contributed by atoms with Crippen LogP contribution in [-0.4, -0.2) is 12.1 Å². The van der Waals surface area contributed by atoms with Gasteiger partial charge in [0.1, 0.15) is 5.75 Å². The van der Waals surface area contributed by atoms with E-state index in [1.807, 2.05) is 6.08 Å². The molecule has 0 atom stereocenters. The van der Waals surface area contributed by atoms with Gasteiger partial charge in [-0.15, -0.1) is 13.2 Å². The molecule has 0 fully saturated rings. The Morgan fingerprint density at radius 1 is 1.31 bits per heavy atom. The molecule has 1 aromatic carbocycles. The Hall–Kier alpha value is -1.10. The minimum Gasteiger partial charge on any atom is -0.406 e. The fourth-order valence-electron chi connectivity index (χ4n) is 1.11. The van der Waals surface area contributed by atoms with Crippen molar-refractivity contribution in [3.63, 3.8) is 0 Å². The summed E-state index contributed by atoms with van der Waals surface area (Å²) in [6.45, 7) is 0. The zero-order chi connectivity index (χ0) is 12.0. The Balaban J connectivity index is 2.71. The smallest absolute Gasteiger partial charge is 0.406 e. The summed E-state index contributed by atoms with van der Waals surface area (Å²) < 4.78 is 39.6. The second kappa shape index (κ2) is 5.84. The number of hydrogen-bond acceptors (Lipinski definition) is 2. The first-order valence-corrected chi connectivity index (χ1v) is 5.28. The van der Waals surface area contributed by atoms with Crippen LogP contribution >= 0.6 is 12.6 Å². The summed E-state index contributed by atoms with van der Waals surface area (Å²) in [6.07, 6.45) is -0.292. The van der Waals surface area contributed by atoms with Crippen molar-refractivity contribution in [1.82, 2.24) is 0 Å². The highest BCUT2D eigenvalue weighted by molar-refractivity contribution is 7.80. The molecule has 0 amide bonds. The zero-order valence-corrected chi connectivity index (χ0v) is 9.26. The number of allylic oxidation sites excluding steroid dienone is 1. The van der Waals surface area contributed by atoms with Gasteiger partial charge in [-0.2, -0.15) is 12.6 Å². The van der Waals surface area contributed by atoms with E-state index in [0.717, 1.165) is 6.42 Å². The predicted octanol–water partition coefficient (Wildman–Crippen LogP) is 3.92. The second-order valence-corrected chi connectivity index (χ2v) is 3.48. The molecule has 0 aliphatic carbocycles. The molecule has 0 spiro atoms. The molecule has 1 nitrogen and oxygen atoms in total. The number of halogens is 3. The highest BCUT2D eigenvalue weighted by atomic mass is 32.1. The van der Waals surface area contributed by atoms with E-state index in [4.69, 9.17) is 0 Å². The topological polar surface area (TPSA) is 9.23 Å². The van der Waals surface area contributed by atoms with Crippen molar-refractivity contribution in [1.29, 1.82) is 0 Å². The van der Waals surface area contributed by atoms with Crippen molar-refractivity contribution >= 4 is 18.7 Å². The lowest BCUT2D eigenvalue weighted by Gasteiger charge is -2.08. The van der Waals surface area contributed by atoms with Gasteiger partial charge in [-0.1, -0.05) is 24.3 Å². The van der Waals surface area contributed by atoms with E-state index >= 15 is 0 Å². The van der Waals surface area contributed by atoms with Gasteiger partial charge in [0.2, 0.25) is 0 Å². The number of alkyl halides is 3. The molecule has 16 heavy (non-hydrogen) atoms.